The van der Waals surface area contributed by atoms with Crippen LogP contribution in [-0.4, -0.2) is 16.6 Å². The summed E-state index contributed by atoms with van der Waals surface area (Å²) in [7, 11) is 0. The van der Waals surface area contributed by atoms with E-state index in [1.54, 1.807) is 39.0 Å². The molecule has 0 radical (unpaired) electrons. The van der Waals surface area contributed by atoms with Gasteiger partial charge in [0.25, 0.3) is 5.56 Å². The third-order valence-corrected chi connectivity index (χ3v) is 6.50. The van der Waals surface area contributed by atoms with Crippen LogP contribution >= 0.6 is 22.7 Å². The summed E-state index contributed by atoms with van der Waals surface area (Å²) in [5.41, 5.74) is 0.863. The highest BCUT2D eigenvalue weighted by Crippen LogP contribution is 2.33. The number of thiazole rings is 1. The van der Waals surface area contributed by atoms with Gasteiger partial charge in [-0.05, 0) is 44.4 Å². The largest absolute Gasteiger partial charge is 0.459 e. The average molecular weight is 443 g/mol. The van der Waals surface area contributed by atoms with Gasteiger partial charge in [0.2, 0.25) is 0 Å². The van der Waals surface area contributed by atoms with Gasteiger partial charge in [-0.25, -0.2) is 14.2 Å². The quantitative estimate of drug-likeness (QED) is 0.582. The smallest absolute Gasteiger partial charge is 0.338 e. The summed E-state index contributed by atoms with van der Waals surface area (Å²) in [6.07, 6.45) is 1.23. The zero-order chi connectivity index (χ0) is 21.4. The van der Waals surface area contributed by atoms with Crippen molar-refractivity contribution in [3.63, 3.8) is 0 Å². The van der Waals surface area contributed by atoms with E-state index in [0.29, 0.717) is 26.2 Å². The molecule has 0 fully saturated rings. The van der Waals surface area contributed by atoms with Gasteiger partial charge in [-0.15, -0.1) is 11.3 Å². The number of rotatable bonds is 4. The van der Waals surface area contributed by atoms with Crippen molar-refractivity contribution >= 4 is 34.7 Å². The van der Waals surface area contributed by atoms with Crippen molar-refractivity contribution in [2.75, 3.05) is 0 Å². The Kier molecular flexibility index (Phi) is 5.53. The highest BCUT2D eigenvalue weighted by Gasteiger charge is 2.34. The van der Waals surface area contributed by atoms with Gasteiger partial charge < -0.3 is 4.74 Å². The first-order valence-electron chi connectivity index (χ1n) is 9.38. The summed E-state index contributed by atoms with van der Waals surface area (Å²) in [4.78, 5) is 32.0. The van der Waals surface area contributed by atoms with Gasteiger partial charge in [-0.2, -0.15) is 0 Å². The lowest BCUT2D eigenvalue weighted by molar-refractivity contribution is -0.143. The van der Waals surface area contributed by atoms with Crippen LogP contribution in [0.1, 0.15) is 37.3 Å². The van der Waals surface area contributed by atoms with Crippen LogP contribution in [0.25, 0.3) is 6.08 Å². The number of aromatic nitrogens is 1. The lowest BCUT2D eigenvalue weighted by Crippen LogP contribution is -2.39. The third kappa shape index (κ3) is 3.68. The highest BCUT2D eigenvalue weighted by molar-refractivity contribution is 7.10. The Bertz CT molecular complexity index is 1320. The number of esters is 1. The molecule has 30 heavy (non-hydrogen) atoms. The topological polar surface area (TPSA) is 60.7 Å². The molecule has 1 aliphatic rings. The van der Waals surface area contributed by atoms with Crippen LogP contribution < -0.4 is 14.9 Å². The zero-order valence-corrected chi connectivity index (χ0v) is 18.2. The van der Waals surface area contributed by atoms with Gasteiger partial charge >= 0.3 is 5.97 Å². The Morgan fingerprint density at radius 1 is 1.27 bits per heavy atom. The second kappa shape index (κ2) is 8.12. The Hall–Kier alpha value is -2.84. The van der Waals surface area contributed by atoms with E-state index in [1.165, 1.54) is 39.4 Å². The van der Waals surface area contributed by atoms with E-state index in [0.717, 1.165) is 4.88 Å². The van der Waals surface area contributed by atoms with Crippen molar-refractivity contribution in [3.8, 4) is 0 Å². The van der Waals surface area contributed by atoms with Crippen molar-refractivity contribution in [2.45, 2.75) is 32.9 Å². The minimum absolute atomic E-state index is 0.299. The normalized spacial score (nSPS) is 16.6. The van der Waals surface area contributed by atoms with Crippen LogP contribution in [0.3, 0.4) is 0 Å². The predicted octanol–water partition coefficient (Wildman–Crippen LogP) is 3.39. The first-order valence-corrected chi connectivity index (χ1v) is 11.1. The number of carbonyl (C=O) groups is 1. The molecule has 2 aromatic heterocycles. The molecule has 154 valence electrons. The van der Waals surface area contributed by atoms with Crippen LogP contribution in [0, 0.1) is 5.82 Å². The van der Waals surface area contributed by atoms with Crippen LogP contribution in [0.4, 0.5) is 4.39 Å². The number of ether oxygens (including phenoxy) is 1. The van der Waals surface area contributed by atoms with Crippen LogP contribution in [0.5, 0.6) is 0 Å². The first-order chi connectivity index (χ1) is 14.4. The SMILES string of the molecule is CC1=C(C(=O)OC(C)C)[C@@H](c2cccs2)n2c(s/c(=C/c3ccccc3F)c2=O)=N1. The molecule has 1 aromatic carbocycles. The monoisotopic (exact) mass is 442 g/mol. The number of halogens is 1. The van der Waals surface area contributed by atoms with Crippen molar-refractivity contribution in [1.82, 2.24) is 4.57 Å². The average Bonchev–Trinajstić information content (AvgIpc) is 3.31. The molecular weight excluding hydrogens is 423 g/mol. The Morgan fingerprint density at radius 2 is 2.03 bits per heavy atom. The number of hydrogen-bond donors (Lipinski definition) is 0. The van der Waals surface area contributed by atoms with Gasteiger partial charge in [-0.1, -0.05) is 35.6 Å². The maximum atomic E-state index is 14.1. The van der Waals surface area contributed by atoms with E-state index in [4.69, 9.17) is 4.74 Å². The summed E-state index contributed by atoms with van der Waals surface area (Å²) in [5.74, 6) is -0.899. The zero-order valence-electron chi connectivity index (χ0n) is 16.6. The molecule has 4 rings (SSSR count). The van der Waals surface area contributed by atoms with E-state index in [9.17, 15) is 14.0 Å². The molecular formula is C22H19FN2O3S2. The molecule has 3 aromatic rings. The van der Waals surface area contributed by atoms with Gasteiger partial charge in [0.15, 0.2) is 4.80 Å². The molecule has 5 nitrogen and oxygen atoms in total. The molecule has 0 saturated heterocycles. The van der Waals surface area contributed by atoms with Crippen molar-refractivity contribution in [3.05, 3.63) is 89.0 Å². The Labute approximate surface area is 180 Å². The number of hydrogen-bond acceptors (Lipinski definition) is 6. The van der Waals surface area contributed by atoms with Crippen molar-refractivity contribution in [1.29, 1.82) is 0 Å². The van der Waals surface area contributed by atoms with Gasteiger partial charge in [-0.3, -0.25) is 9.36 Å². The van der Waals surface area contributed by atoms with Crippen molar-refractivity contribution < 1.29 is 13.9 Å². The third-order valence-electron chi connectivity index (χ3n) is 4.59. The molecule has 8 heteroatoms. The number of allylic oxidation sites excluding steroid dienone is 1. The van der Waals surface area contributed by atoms with Crippen LogP contribution in [-0.2, 0) is 9.53 Å². The molecule has 0 N–H and O–H groups in total. The fourth-order valence-electron chi connectivity index (χ4n) is 3.31. The number of nitrogens with zero attached hydrogens (tertiary/aromatic N) is 2. The lowest BCUT2D eigenvalue weighted by atomic mass is 10.0. The number of carbonyl (C=O) groups excluding carboxylic acids is 1. The van der Waals surface area contributed by atoms with Gasteiger partial charge in [0.05, 0.1) is 21.9 Å². The highest BCUT2D eigenvalue weighted by atomic mass is 32.1. The maximum absolute atomic E-state index is 14.1. The Balaban J connectivity index is 1.94. The van der Waals surface area contributed by atoms with Crippen molar-refractivity contribution in [2.24, 2.45) is 4.99 Å². The maximum Gasteiger partial charge on any atom is 0.338 e. The molecule has 0 aliphatic carbocycles. The Morgan fingerprint density at radius 3 is 2.70 bits per heavy atom. The fourth-order valence-corrected chi connectivity index (χ4v) is 5.17. The molecule has 0 unspecified atom stereocenters. The van der Waals surface area contributed by atoms with E-state index in [1.807, 2.05) is 17.5 Å². The summed E-state index contributed by atoms with van der Waals surface area (Å²) in [5, 5.41) is 1.89. The standard InChI is InChI=1S/C22H19FN2O3S2/c1-12(2)28-21(27)18-13(3)24-22-25(19(18)16-9-6-10-29-16)20(26)17(30-22)11-14-7-4-5-8-15(14)23/h4-12,19H,1-3H3/b17-11+/t19-/m1/s1. The number of fused-ring (bicyclic) bond motifs is 1. The molecule has 3 heterocycles. The molecule has 0 bridgehead atoms. The summed E-state index contributed by atoms with van der Waals surface area (Å²) >= 11 is 2.63. The number of thiophene rings is 1. The summed E-state index contributed by atoms with van der Waals surface area (Å²) in [6.45, 7) is 5.29. The fraction of sp³-hybridized carbons (Fsp3) is 0.227. The van der Waals surface area contributed by atoms with Crippen LogP contribution in [0.15, 0.2) is 62.8 Å². The second-order valence-corrected chi connectivity index (χ2v) is 9.06. The van der Waals surface area contributed by atoms with Gasteiger partial charge in [0, 0.05) is 10.4 Å². The van der Waals surface area contributed by atoms with Crippen LogP contribution in [0.2, 0.25) is 0 Å². The van der Waals surface area contributed by atoms with Gasteiger partial charge in [0.1, 0.15) is 11.9 Å². The first kappa shape index (κ1) is 20.4. The lowest BCUT2D eigenvalue weighted by Gasteiger charge is -2.24. The second-order valence-electron chi connectivity index (χ2n) is 7.07. The minimum Gasteiger partial charge on any atom is -0.459 e. The summed E-state index contributed by atoms with van der Waals surface area (Å²) in [6, 6.07) is 9.39. The minimum atomic E-state index is -0.629. The van der Waals surface area contributed by atoms with E-state index >= 15 is 0 Å². The van der Waals surface area contributed by atoms with E-state index in [-0.39, 0.29) is 11.7 Å². The molecule has 1 atom stereocenters. The predicted molar refractivity (Wildman–Crippen MR) is 116 cm³/mol. The summed E-state index contributed by atoms with van der Waals surface area (Å²) < 4.78 is 21.4. The van der Waals surface area contributed by atoms with E-state index in [2.05, 4.69) is 4.99 Å². The van der Waals surface area contributed by atoms with E-state index < -0.39 is 17.8 Å². The molecule has 0 amide bonds. The molecule has 1 aliphatic heterocycles. The number of benzene rings is 1. The molecule has 0 saturated carbocycles. The molecule has 0 spiro atoms.